The predicted octanol–water partition coefficient (Wildman–Crippen LogP) is -8.45. The number of hydrogen-bond acceptors (Lipinski definition) is 16. The minimum Gasteiger partial charge on any atom is -0.508 e. The molecule has 0 aliphatic heterocycles. The van der Waals surface area contributed by atoms with Gasteiger partial charge in [-0.2, -0.15) is 0 Å². The average molecular weight is 857 g/mol. The highest BCUT2D eigenvalue weighted by molar-refractivity contribution is 5.99. The van der Waals surface area contributed by atoms with E-state index >= 15 is 0 Å². The molecule has 12 atom stereocenters. The molecular weight excluding hydrogens is 800 g/mol. The van der Waals surface area contributed by atoms with E-state index in [0.29, 0.717) is 5.56 Å². The topological polar surface area (TPSA) is 437 Å². The van der Waals surface area contributed by atoms with Crippen molar-refractivity contribution in [1.82, 2.24) is 37.2 Å². The van der Waals surface area contributed by atoms with Gasteiger partial charge >= 0.3 is 0 Å². The van der Waals surface area contributed by atoms with Crippen molar-refractivity contribution in [2.45, 2.75) is 120 Å². The maximum Gasteiger partial charge on any atom is 0.245 e. The van der Waals surface area contributed by atoms with Crippen molar-refractivity contribution in [2.75, 3.05) is 6.61 Å². The van der Waals surface area contributed by atoms with Crippen LogP contribution in [0.2, 0.25) is 0 Å². The lowest BCUT2D eigenvalue weighted by Crippen LogP contribution is -2.64. The second kappa shape index (κ2) is 24.2. The van der Waals surface area contributed by atoms with Crippen LogP contribution in [0.1, 0.15) is 46.6 Å². The summed E-state index contributed by atoms with van der Waals surface area (Å²) in [4.78, 5) is 116. The first-order valence-corrected chi connectivity index (χ1v) is 18.4. The van der Waals surface area contributed by atoms with E-state index in [1.807, 2.05) is 0 Å². The molecule has 0 saturated heterocycles. The molecule has 1 rings (SSSR count). The maximum atomic E-state index is 13.6. The zero-order valence-corrected chi connectivity index (χ0v) is 33.4. The highest BCUT2D eigenvalue weighted by atomic mass is 16.3. The molecule has 336 valence electrons. The monoisotopic (exact) mass is 856 g/mol. The highest BCUT2D eigenvalue weighted by Gasteiger charge is 2.38. The number of primary amides is 2. The van der Waals surface area contributed by atoms with Gasteiger partial charge in [-0.3, -0.25) is 43.2 Å². The Balaban J connectivity index is 3.33. The molecule has 0 spiro atoms. The molecule has 0 aromatic heterocycles. The number of nitrogens with two attached hydrogens (primary N) is 3. The summed E-state index contributed by atoms with van der Waals surface area (Å²) in [6.45, 7) is 4.64. The number of carbonyl (C=O) groups excluding carboxylic acids is 9. The van der Waals surface area contributed by atoms with Gasteiger partial charge in [0.05, 0.1) is 43.5 Å². The average Bonchev–Trinajstić information content (AvgIpc) is 3.14. The largest absolute Gasteiger partial charge is 0.508 e. The number of rotatable bonds is 24. The van der Waals surface area contributed by atoms with Crippen LogP contribution < -0.4 is 54.4 Å². The van der Waals surface area contributed by atoms with E-state index < -0.39 is 139 Å². The van der Waals surface area contributed by atoms with E-state index in [4.69, 9.17) is 17.2 Å². The molecule has 1 aromatic rings. The lowest BCUT2D eigenvalue weighted by molar-refractivity contribution is -0.139. The van der Waals surface area contributed by atoms with E-state index in [0.717, 1.165) is 27.7 Å². The molecule has 9 amide bonds. The normalized spacial score (nSPS) is 17.1. The van der Waals surface area contributed by atoms with Crippen LogP contribution in [0.5, 0.6) is 5.75 Å². The smallest absolute Gasteiger partial charge is 0.245 e. The van der Waals surface area contributed by atoms with Crippen LogP contribution in [0.25, 0.3) is 0 Å². The summed E-state index contributed by atoms with van der Waals surface area (Å²) in [6.07, 6.45) is -7.89. The lowest BCUT2D eigenvalue weighted by atomic mass is 10.0. The molecule has 19 N–H and O–H groups in total. The minimum atomic E-state index is -1.98. The SMILES string of the molecule is CC(N)C(=O)NC(CO)C(=O)NC(C(=O)NC(C(=O)NC(C(=O)NC(CC(N)=O)C(=O)NC(Cc1ccc(O)cc1)C(=O)NC(C(N)=O)C(C)O)C(C)O)C(C)O)C(C)O. The molecule has 0 fully saturated rings. The van der Waals surface area contributed by atoms with Gasteiger partial charge in [0.2, 0.25) is 53.2 Å². The Labute approximate surface area is 343 Å². The van der Waals surface area contributed by atoms with Crippen molar-refractivity contribution < 1.29 is 73.8 Å². The zero-order chi connectivity index (χ0) is 46.2. The van der Waals surface area contributed by atoms with E-state index in [1.165, 1.54) is 31.2 Å². The van der Waals surface area contributed by atoms with Crippen LogP contribution >= 0.6 is 0 Å². The maximum absolute atomic E-state index is 13.6. The summed E-state index contributed by atoms with van der Waals surface area (Å²) >= 11 is 0. The van der Waals surface area contributed by atoms with Gasteiger partial charge in [0.1, 0.15) is 48.0 Å². The number of aliphatic hydroxyl groups is 5. The number of nitrogens with one attached hydrogen (secondary N) is 7. The van der Waals surface area contributed by atoms with Crippen molar-refractivity contribution in [3.8, 4) is 5.75 Å². The van der Waals surface area contributed by atoms with Crippen LogP contribution in [-0.4, -0.2) is 163 Å². The third-order valence-electron chi connectivity index (χ3n) is 8.55. The van der Waals surface area contributed by atoms with Crippen molar-refractivity contribution in [3.63, 3.8) is 0 Å². The van der Waals surface area contributed by atoms with E-state index in [2.05, 4.69) is 37.2 Å². The number of phenols is 1. The molecule has 1 aromatic carbocycles. The zero-order valence-electron chi connectivity index (χ0n) is 33.4. The summed E-state index contributed by atoms with van der Waals surface area (Å²) in [7, 11) is 0. The number of phenolic OH excluding ortho intramolecular Hbond substituents is 1. The Morgan fingerprint density at radius 3 is 1.25 bits per heavy atom. The fraction of sp³-hybridized carbons (Fsp3) is 0.571. The van der Waals surface area contributed by atoms with Gasteiger partial charge in [0, 0.05) is 6.42 Å². The molecule has 60 heavy (non-hydrogen) atoms. The van der Waals surface area contributed by atoms with E-state index in [9.17, 15) is 73.8 Å². The van der Waals surface area contributed by atoms with Gasteiger partial charge in [-0.05, 0) is 52.3 Å². The Morgan fingerprint density at radius 2 is 0.867 bits per heavy atom. The summed E-state index contributed by atoms with van der Waals surface area (Å²) in [6, 6.07) is -8.26. The first kappa shape index (κ1) is 52.0. The fourth-order valence-electron chi connectivity index (χ4n) is 5.16. The van der Waals surface area contributed by atoms with Crippen molar-refractivity contribution in [2.24, 2.45) is 17.2 Å². The predicted molar refractivity (Wildman–Crippen MR) is 206 cm³/mol. The standard InChI is InChI=1S/C35H56N10O15/c1-13(36)29(54)41-22(12-46)32(57)43-26(16(4)49)34(59)45-27(17(5)50)35(60)44-25(15(3)48)33(58)40-21(11-23(37)52)30(55)39-20(10-18-6-8-19(51)9-7-18)31(56)42-24(14(2)47)28(38)53/h6-9,13-17,20-22,24-27,46-51H,10-12,36H2,1-5H3,(H2,37,52)(H2,38,53)(H,39,55)(H,40,58)(H,41,54)(H,42,56)(H,43,57)(H,44,60)(H,45,59). The molecule has 12 unspecified atom stereocenters. The molecule has 0 saturated carbocycles. The highest BCUT2D eigenvalue weighted by Crippen LogP contribution is 2.12. The summed E-state index contributed by atoms with van der Waals surface area (Å²) in [5, 5.41) is 75.4. The Hall–Kier alpha value is -5.99. The number of amides is 9. The summed E-state index contributed by atoms with van der Waals surface area (Å²) in [5.41, 5.74) is 16.4. The van der Waals surface area contributed by atoms with Crippen molar-refractivity contribution in [3.05, 3.63) is 29.8 Å². The molecule has 0 bridgehead atoms. The molecule has 0 aliphatic rings. The van der Waals surface area contributed by atoms with Crippen LogP contribution in [0.3, 0.4) is 0 Å². The van der Waals surface area contributed by atoms with Gasteiger partial charge in [-0.1, -0.05) is 12.1 Å². The van der Waals surface area contributed by atoms with Crippen LogP contribution in [0.4, 0.5) is 0 Å². The molecular formula is C35H56N10O15. The number of carbonyl (C=O) groups is 9. The number of hydrogen-bond donors (Lipinski definition) is 16. The van der Waals surface area contributed by atoms with Gasteiger partial charge in [-0.15, -0.1) is 0 Å². The molecule has 25 nitrogen and oxygen atoms in total. The third-order valence-corrected chi connectivity index (χ3v) is 8.55. The third kappa shape index (κ3) is 16.7. The fourth-order valence-corrected chi connectivity index (χ4v) is 5.16. The number of aliphatic hydroxyl groups excluding tert-OH is 5. The second-order valence-corrected chi connectivity index (χ2v) is 14.0. The first-order valence-electron chi connectivity index (χ1n) is 18.4. The van der Waals surface area contributed by atoms with Gasteiger partial charge < -0.3 is 85.1 Å². The van der Waals surface area contributed by atoms with Crippen LogP contribution in [0, 0.1) is 0 Å². The molecule has 0 heterocycles. The lowest BCUT2D eigenvalue weighted by Gasteiger charge is -2.29. The Bertz CT molecular complexity index is 1690. The molecule has 0 aliphatic carbocycles. The Kier molecular flexibility index (Phi) is 21.0. The van der Waals surface area contributed by atoms with Gasteiger partial charge in [-0.25, -0.2) is 0 Å². The molecule has 25 heteroatoms. The number of aromatic hydroxyl groups is 1. The summed E-state index contributed by atoms with van der Waals surface area (Å²) < 4.78 is 0. The van der Waals surface area contributed by atoms with Crippen molar-refractivity contribution in [1.29, 1.82) is 0 Å². The Morgan fingerprint density at radius 1 is 0.517 bits per heavy atom. The van der Waals surface area contributed by atoms with Gasteiger partial charge in [0.15, 0.2) is 0 Å². The quantitative estimate of drug-likeness (QED) is 0.0459. The number of benzene rings is 1. The van der Waals surface area contributed by atoms with Crippen LogP contribution in [0.15, 0.2) is 24.3 Å². The van der Waals surface area contributed by atoms with Crippen LogP contribution in [-0.2, 0) is 49.6 Å². The second-order valence-electron chi connectivity index (χ2n) is 14.0. The van der Waals surface area contributed by atoms with Gasteiger partial charge in [0.25, 0.3) is 0 Å². The summed E-state index contributed by atoms with van der Waals surface area (Å²) in [5.74, 6) is -10.6. The van der Waals surface area contributed by atoms with E-state index in [1.54, 1.807) is 0 Å². The van der Waals surface area contributed by atoms with Crippen molar-refractivity contribution >= 4 is 53.2 Å². The molecule has 0 radical (unpaired) electrons. The van der Waals surface area contributed by atoms with E-state index in [-0.39, 0.29) is 12.2 Å². The first-order chi connectivity index (χ1) is 27.8. The minimum absolute atomic E-state index is 0.135.